The quantitative estimate of drug-likeness (QED) is 0.901. The number of rotatable bonds is 5. The molecule has 1 unspecified atom stereocenters. The number of nitrogens with one attached hydrogen (secondary N) is 1. The van der Waals surface area contributed by atoms with Gasteiger partial charge in [0.1, 0.15) is 0 Å². The van der Waals surface area contributed by atoms with E-state index in [9.17, 15) is 0 Å². The van der Waals surface area contributed by atoms with Crippen molar-refractivity contribution in [3.63, 3.8) is 0 Å². The summed E-state index contributed by atoms with van der Waals surface area (Å²) in [4.78, 5) is 6.01. The molecule has 1 N–H and O–H groups in total. The van der Waals surface area contributed by atoms with Gasteiger partial charge in [0.2, 0.25) is 0 Å². The predicted molar refractivity (Wildman–Crippen MR) is 83.1 cm³/mol. The molecule has 2 nitrogen and oxygen atoms in total. The van der Waals surface area contributed by atoms with Gasteiger partial charge < -0.3 is 5.32 Å². The van der Waals surface area contributed by atoms with Crippen molar-refractivity contribution in [2.45, 2.75) is 33.1 Å². The minimum Gasteiger partial charge on any atom is -0.319 e. The van der Waals surface area contributed by atoms with Crippen LogP contribution in [0.15, 0.2) is 24.3 Å². The fourth-order valence-corrected chi connectivity index (χ4v) is 3.33. The van der Waals surface area contributed by atoms with E-state index < -0.39 is 0 Å². The summed E-state index contributed by atoms with van der Waals surface area (Å²) in [6, 6.07) is 8.81. The second-order valence-corrected chi connectivity index (χ2v) is 6.41. The van der Waals surface area contributed by atoms with Gasteiger partial charge in [-0.15, -0.1) is 11.3 Å². The van der Waals surface area contributed by atoms with Crippen molar-refractivity contribution in [2.24, 2.45) is 0 Å². The summed E-state index contributed by atoms with van der Waals surface area (Å²) in [5.41, 5.74) is 3.90. The molecule has 2 aromatic rings. The van der Waals surface area contributed by atoms with E-state index in [0.29, 0.717) is 5.92 Å². The van der Waals surface area contributed by atoms with Crippen molar-refractivity contribution in [3.05, 3.63) is 51.0 Å². The fraction of sp³-hybridized carbons (Fsp3) is 0.438. The molecule has 0 radical (unpaired) electrons. The molecule has 1 aromatic carbocycles. The number of hydrogen-bond acceptors (Lipinski definition) is 3. The molecule has 0 aliphatic heterocycles. The largest absolute Gasteiger partial charge is 0.319 e. The first-order chi connectivity index (χ1) is 9.10. The number of hydrogen-bond donors (Lipinski definition) is 1. The first-order valence-electron chi connectivity index (χ1n) is 6.74. The van der Waals surface area contributed by atoms with Gasteiger partial charge in [0.25, 0.3) is 0 Å². The van der Waals surface area contributed by atoms with Crippen LogP contribution in [0.2, 0.25) is 0 Å². The minimum atomic E-state index is 0.495. The van der Waals surface area contributed by atoms with E-state index in [1.165, 1.54) is 26.7 Å². The lowest BCUT2D eigenvalue weighted by Crippen LogP contribution is -2.19. The first-order valence-corrected chi connectivity index (χ1v) is 7.56. The van der Waals surface area contributed by atoms with Crippen LogP contribution in [0.4, 0.5) is 0 Å². The highest BCUT2D eigenvalue weighted by atomic mass is 32.1. The van der Waals surface area contributed by atoms with Crippen LogP contribution in [0.3, 0.4) is 0 Å². The zero-order chi connectivity index (χ0) is 13.8. The molecule has 0 fully saturated rings. The molecular formula is C16H22N2S. The Labute approximate surface area is 119 Å². The zero-order valence-corrected chi connectivity index (χ0v) is 13.0. The first kappa shape index (κ1) is 14.2. The maximum absolute atomic E-state index is 4.67. The maximum atomic E-state index is 4.67. The van der Waals surface area contributed by atoms with Crippen LogP contribution in [-0.2, 0) is 6.42 Å². The SMILES string of the molecule is CNCC(Cc1nc(C)c(C)s1)c1cccc(C)c1. The topological polar surface area (TPSA) is 24.9 Å². The van der Waals surface area contributed by atoms with Gasteiger partial charge in [-0.1, -0.05) is 29.8 Å². The monoisotopic (exact) mass is 274 g/mol. The molecule has 0 amide bonds. The number of aromatic nitrogens is 1. The lowest BCUT2D eigenvalue weighted by molar-refractivity contribution is 0.623. The molecule has 0 spiro atoms. The standard InChI is InChI=1S/C16H22N2S/c1-11-6-5-7-14(8-11)15(10-17-4)9-16-18-12(2)13(3)19-16/h5-8,15,17H,9-10H2,1-4H3. The molecular weight excluding hydrogens is 252 g/mol. The molecule has 0 bridgehead atoms. The third kappa shape index (κ3) is 3.64. The fourth-order valence-electron chi connectivity index (χ4n) is 2.32. The third-order valence-electron chi connectivity index (χ3n) is 3.46. The van der Waals surface area contributed by atoms with Gasteiger partial charge in [0.05, 0.1) is 10.7 Å². The van der Waals surface area contributed by atoms with Gasteiger partial charge in [-0.3, -0.25) is 0 Å². The second kappa shape index (κ2) is 6.31. The highest BCUT2D eigenvalue weighted by molar-refractivity contribution is 7.11. The average molecular weight is 274 g/mol. The Hall–Kier alpha value is -1.19. The predicted octanol–water partition coefficient (Wildman–Crippen LogP) is 3.61. The Kier molecular flexibility index (Phi) is 4.72. The summed E-state index contributed by atoms with van der Waals surface area (Å²) in [6.07, 6.45) is 1.02. The lowest BCUT2D eigenvalue weighted by atomic mass is 9.94. The summed E-state index contributed by atoms with van der Waals surface area (Å²) >= 11 is 1.83. The molecule has 0 aliphatic carbocycles. The van der Waals surface area contributed by atoms with Gasteiger partial charge in [-0.25, -0.2) is 4.98 Å². The average Bonchev–Trinajstić information content (AvgIpc) is 2.68. The maximum Gasteiger partial charge on any atom is 0.0937 e. The van der Waals surface area contributed by atoms with Crippen molar-refractivity contribution >= 4 is 11.3 Å². The zero-order valence-electron chi connectivity index (χ0n) is 12.2. The Morgan fingerprint density at radius 1 is 1.26 bits per heavy atom. The normalized spacial score (nSPS) is 12.6. The van der Waals surface area contributed by atoms with Crippen molar-refractivity contribution in [1.82, 2.24) is 10.3 Å². The van der Waals surface area contributed by atoms with Crippen molar-refractivity contribution in [1.29, 1.82) is 0 Å². The molecule has 102 valence electrons. The van der Waals surface area contributed by atoms with Crippen LogP contribution in [-0.4, -0.2) is 18.6 Å². The number of nitrogens with zero attached hydrogens (tertiary/aromatic N) is 1. The van der Waals surface area contributed by atoms with E-state index in [0.717, 1.165) is 13.0 Å². The highest BCUT2D eigenvalue weighted by Gasteiger charge is 2.14. The van der Waals surface area contributed by atoms with E-state index in [4.69, 9.17) is 0 Å². The Bertz CT molecular complexity index is 526. The third-order valence-corrected chi connectivity index (χ3v) is 4.55. The molecule has 1 aromatic heterocycles. The van der Waals surface area contributed by atoms with Crippen molar-refractivity contribution < 1.29 is 0 Å². The van der Waals surface area contributed by atoms with Crippen LogP contribution in [0.5, 0.6) is 0 Å². The molecule has 3 heteroatoms. The van der Waals surface area contributed by atoms with E-state index in [-0.39, 0.29) is 0 Å². The van der Waals surface area contributed by atoms with E-state index >= 15 is 0 Å². The van der Waals surface area contributed by atoms with E-state index in [2.05, 4.69) is 55.3 Å². The molecule has 1 heterocycles. The van der Waals surface area contributed by atoms with Gasteiger partial charge in [0.15, 0.2) is 0 Å². The van der Waals surface area contributed by atoms with Crippen molar-refractivity contribution in [2.75, 3.05) is 13.6 Å². The lowest BCUT2D eigenvalue weighted by Gasteiger charge is -2.16. The van der Waals surface area contributed by atoms with Gasteiger partial charge >= 0.3 is 0 Å². The van der Waals surface area contributed by atoms with Crippen LogP contribution in [0, 0.1) is 20.8 Å². The summed E-state index contributed by atoms with van der Waals surface area (Å²) in [6.45, 7) is 7.38. The molecule has 19 heavy (non-hydrogen) atoms. The van der Waals surface area contributed by atoms with Gasteiger partial charge in [0, 0.05) is 23.8 Å². The summed E-state index contributed by atoms with van der Waals surface area (Å²) in [5.74, 6) is 0.495. The number of thiazole rings is 1. The highest BCUT2D eigenvalue weighted by Crippen LogP contribution is 2.25. The minimum absolute atomic E-state index is 0.495. The second-order valence-electron chi connectivity index (χ2n) is 5.12. The van der Waals surface area contributed by atoms with Crippen molar-refractivity contribution in [3.8, 4) is 0 Å². The Morgan fingerprint density at radius 2 is 2.05 bits per heavy atom. The summed E-state index contributed by atoms with van der Waals surface area (Å²) in [5, 5.41) is 4.55. The number of likely N-dealkylation sites (N-methyl/N-ethyl adjacent to an activating group) is 1. The van der Waals surface area contributed by atoms with Crippen LogP contribution >= 0.6 is 11.3 Å². The van der Waals surface area contributed by atoms with Crippen LogP contribution < -0.4 is 5.32 Å². The van der Waals surface area contributed by atoms with E-state index in [1.54, 1.807) is 0 Å². The molecule has 1 atom stereocenters. The molecule has 2 rings (SSSR count). The number of benzene rings is 1. The Balaban J connectivity index is 2.20. The molecule has 0 saturated heterocycles. The van der Waals surface area contributed by atoms with Crippen LogP contribution in [0.1, 0.15) is 32.6 Å². The molecule has 0 saturated carbocycles. The van der Waals surface area contributed by atoms with Crippen LogP contribution in [0.25, 0.3) is 0 Å². The summed E-state index contributed by atoms with van der Waals surface area (Å²) in [7, 11) is 2.02. The van der Waals surface area contributed by atoms with Gasteiger partial charge in [-0.2, -0.15) is 0 Å². The smallest absolute Gasteiger partial charge is 0.0937 e. The Morgan fingerprint density at radius 3 is 2.63 bits per heavy atom. The summed E-state index contributed by atoms with van der Waals surface area (Å²) < 4.78 is 0. The van der Waals surface area contributed by atoms with Gasteiger partial charge in [-0.05, 0) is 33.4 Å². The molecule has 0 aliphatic rings. The number of aryl methyl sites for hydroxylation is 3. The van der Waals surface area contributed by atoms with E-state index in [1.807, 2.05) is 18.4 Å².